The van der Waals surface area contributed by atoms with Gasteiger partial charge in [0.25, 0.3) is 5.69 Å². The van der Waals surface area contributed by atoms with Crippen LogP contribution in [0.2, 0.25) is 5.02 Å². The van der Waals surface area contributed by atoms with Crippen LogP contribution in [-0.4, -0.2) is 23.2 Å². The van der Waals surface area contributed by atoms with Gasteiger partial charge in [-0.2, -0.15) is 0 Å². The van der Waals surface area contributed by atoms with Crippen molar-refractivity contribution in [3.8, 4) is 11.8 Å². The zero-order valence-corrected chi connectivity index (χ0v) is 13.4. The van der Waals surface area contributed by atoms with Gasteiger partial charge in [0, 0.05) is 24.1 Å². The first-order valence-corrected chi connectivity index (χ1v) is 6.96. The van der Waals surface area contributed by atoms with Gasteiger partial charge in [-0.15, -0.1) is 0 Å². The molecule has 0 unspecified atom stereocenters. The zero-order valence-electron chi connectivity index (χ0n) is 12.6. The number of alkyl carbamates (subject to hydrolysis) is 1. The highest BCUT2D eigenvalue weighted by Crippen LogP contribution is 2.21. The van der Waals surface area contributed by atoms with Crippen molar-refractivity contribution in [2.24, 2.45) is 0 Å². The van der Waals surface area contributed by atoms with E-state index in [4.69, 9.17) is 16.3 Å². The summed E-state index contributed by atoms with van der Waals surface area (Å²) in [5, 5.41) is 13.8. The van der Waals surface area contributed by atoms with Crippen LogP contribution in [0.15, 0.2) is 18.2 Å². The predicted octanol–water partition coefficient (Wildman–Crippen LogP) is 3.51. The largest absolute Gasteiger partial charge is 0.444 e. The number of nitro benzene ring substituents is 1. The number of ether oxygens (including phenoxy) is 1. The fraction of sp³-hybridized carbons (Fsp3) is 0.400. The number of nitro groups is 1. The van der Waals surface area contributed by atoms with Gasteiger partial charge in [0.15, 0.2) is 0 Å². The summed E-state index contributed by atoms with van der Waals surface area (Å²) in [6.07, 6.45) is -0.189. The van der Waals surface area contributed by atoms with Crippen molar-refractivity contribution in [2.75, 3.05) is 6.54 Å². The summed E-state index contributed by atoms with van der Waals surface area (Å²) in [4.78, 5) is 21.7. The Morgan fingerprint density at radius 1 is 1.45 bits per heavy atom. The zero-order chi connectivity index (χ0) is 16.8. The minimum absolute atomic E-state index is 0.1000. The summed E-state index contributed by atoms with van der Waals surface area (Å²) in [7, 11) is 0. The number of carbonyl (C=O) groups is 1. The van der Waals surface area contributed by atoms with Crippen LogP contribution in [0.5, 0.6) is 0 Å². The molecular weight excluding hydrogens is 308 g/mol. The van der Waals surface area contributed by atoms with Gasteiger partial charge >= 0.3 is 6.09 Å². The number of rotatable bonds is 3. The Kier molecular flexibility index (Phi) is 6.20. The summed E-state index contributed by atoms with van der Waals surface area (Å²) < 4.78 is 5.06. The van der Waals surface area contributed by atoms with E-state index >= 15 is 0 Å². The molecule has 0 aromatic heterocycles. The van der Waals surface area contributed by atoms with Crippen molar-refractivity contribution in [3.05, 3.63) is 38.9 Å². The Morgan fingerprint density at radius 2 is 2.14 bits per heavy atom. The molecule has 7 heteroatoms. The van der Waals surface area contributed by atoms with Gasteiger partial charge in [-0.3, -0.25) is 10.1 Å². The van der Waals surface area contributed by atoms with Crippen molar-refractivity contribution in [3.63, 3.8) is 0 Å². The molecular formula is C15H17ClN2O4. The van der Waals surface area contributed by atoms with E-state index in [1.165, 1.54) is 18.2 Å². The number of hydrogen-bond acceptors (Lipinski definition) is 4. The topological polar surface area (TPSA) is 81.5 Å². The lowest BCUT2D eigenvalue weighted by Gasteiger charge is -2.19. The van der Waals surface area contributed by atoms with Crippen LogP contribution < -0.4 is 5.32 Å². The van der Waals surface area contributed by atoms with Gasteiger partial charge in [-0.25, -0.2) is 4.79 Å². The Balaban J connectivity index is 2.57. The Labute approximate surface area is 133 Å². The van der Waals surface area contributed by atoms with Crippen LogP contribution in [0.4, 0.5) is 10.5 Å². The Bertz CT molecular complexity index is 627. The van der Waals surface area contributed by atoms with Gasteiger partial charge in [0.2, 0.25) is 0 Å². The normalized spacial score (nSPS) is 10.4. The first kappa shape index (κ1) is 17.8. The monoisotopic (exact) mass is 324 g/mol. The van der Waals surface area contributed by atoms with E-state index in [0.29, 0.717) is 11.4 Å². The fourth-order valence-corrected chi connectivity index (χ4v) is 1.64. The third-order valence-corrected chi connectivity index (χ3v) is 2.53. The molecule has 0 heterocycles. The molecule has 0 radical (unpaired) electrons. The van der Waals surface area contributed by atoms with Gasteiger partial charge < -0.3 is 10.1 Å². The molecule has 1 amide bonds. The summed E-state index contributed by atoms with van der Waals surface area (Å²) >= 11 is 5.80. The van der Waals surface area contributed by atoms with E-state index in [-0.39, 0.29) is 17.8 Å². The minimum Gasteiger partial charge on any atom is -0.444 e. The highest BCUT2D eigenvalue weighted by molar-refractivity contribution is 6.30. The van der Waals surface area contributed by atoms with Gasteiger partial charge in [-0.05, 0) is 32.9 Å². The van der Waals surface area contributed by atoms with E-state index in [2.05, 4.69) is 17.2 Å². The van der Waals surface area contributed by atoms with Crippen molar-refractivity contribution >= 4 is 23.4 Å². The SMILES string of the molecule is CC(C)(C)OC(=O)NCCC#Cc1cc(Cl)ccc1[N+](=O)[O-]. The Hall–Kier alpha value is -2.26. The highest BCUT2D eigenvalue weighted by Gasteiger charge is 2.15. The lowest BCUT2D eigenvalue weighted by molar-refractivity contribution is -0.385. The molecule has 1 N–H and O–H groups in total. The van der Waals surface area contributed by atoms with Crippen LogP contribution in [0, 0.1) is 22.0 Å². The summed E-state index contributed by atoms with van der Waals surface area (Å²) in [5.41, 5.74) is -0.413. The molecule has 1 rings (SSSR count). The van der Waals surface area contributed by atoms with Gasteiger partial charge in [0.1, 0.15) is 11.2 Å². The maximum absolute atomic E-state index is 11.4. The summed E-state index contributed by atoms with van der Waals surface area (Å²) in [6.45, 7) is 5.59. The lowest BCUT2D eigenvalue weighted by atomic mass is 10.2. The molecule has 6 nitrogen and oxygen atoms in total. The molecule has 0 atom stereocenters. The number of hydrogen-bond donors (Lipinski definition) is 1. The second-order valence-electron chi connectivity index (χ2n) is 5.40. The quantitative estimate of drug-likeness (QED) is 0.399. The molecule has 0 saturated heterocycles. The smallest absolute Gasteiger partial charge is 0.407 e. The molecule has 1 aromatic carbocycles. The number of nitrogens with zero attached hydrogens (tertiary/aromatic N) is 1. The van der Waals surface area contributed by atoms with Crippen molar-refractivity contribution in [1.82, 2.24) is 5.32 Å². The first-order chi connectivity index (χ1) is 10.2. The maximum atomic E-state index is 11.4. The molecule has 0 spiro atoms. The van der Waals surface area contributed by atoms with Gasteiger partial charge in [0.05, 0.1) is 4.92 Å². The maximum Gasteiger partial charge on any atom is 0.407 e. The molecule has 0 bridgehead atoms. The summed E-state index contributed by atoms with van der Waals surface area (Å²) in [5.74, 6) is 5.45. The fourth-order valence-electron chi connectivity index (χ4n) is 1.47. The molecule has 0 aliphatic heterocycles. The van der Waals surface area contributed by atoms with Crippen LogP contribution in [0.25, 0.3) is 0 Å². The van der Waals surface area contributed by atoms with E-state index < -0.39 is 16.6 Å². The molecule has 0 aliphatic carbocycles. The third kappa shape index (κ3) is 6.46. The molecule has 1 aromatic rings. The first-order valence-electron chi connectivity index (χ1n) is 6.59. The third-order valence-electron chi connectivity index (χ3n) is 2.30. The van der Waals surface area contributed by atoms with Crippen LogP contribution in [0.1, 0.15) is 32.8 Å². The number of nitrogens with one attached hydrogen (secondary N) is 1. The van der Waals surface area contributed by atoms with Crippen molar-refractivity contribution in [2.45, 2.75) is 32.8 Å². The molecule has 0 saturated carbocycles. The van der Waals surface area contributed by atoms with Crippen LogP contribution in [0.3, 0.4) is 0 Å². The average Bonchev–Trinajstić information content (AvgIpc) is 2.35. The van der Waals surface area contributed by atoms with Crippen LogP contribution >= 0.6 is 11.6 Å². The van der Waals surface area contributed by atoms with E-state index in [1.807, 2.05) is 0 Å². The number of amides is 1. The second-order valence-corrected chi connectivity index (χ2v) is 5.84. The number of benzene rings is 1. The molecule has 118 valence electrons. The van der Waals surface area contributed by atoms with E-state index in [1.54, 1.807) is 20.8 Å². The van der Waals surface area contributed by atoms with E-state index in [0.717, 1.165) is 0 Å². The highest BCUT2D eigenvalue weighted by atomic mass is 35.5. The average molecular weight is 325 g/mol. The van der Waals surface area contributed by atoms with Crippen LogP contribution in [-0.2, 0) is 4.74 Å². The predicted molar refractivity (Wildman–Crippen MR) is 83.8 cm³/mol. The molecule has 0 fully saturated rings. The standard InChI is InChI=1S/C15H17ClN2O4/c1-15(2,3)22-14(19)17-9-5-4-6-11-10-12(16)7-8-13(11)18(20)21/h7-8,10H,5,9H2,1-3H3,(H,17,19). The Morgan fingerprint density at radius 3 is 2.73 bits per heavy atom. The molecule has 22 heavy (non-hydrogen) atoms. The number of carbonyl (C=O) groups excluding carboxylic acids is 1. The summed E-state index contributed by atoms with van der Waals surface area (Å²) in [6, 6.07) is 4.19. The van der Waals surface area contributed by atoms with Crippen molar-refractivity contribution in [1.29, 1.82) is 0 Å². The number of halogens is 1. The van der Waals surface area contributed by atoms with Crippen molar-refractivity contribution < 1.29 is 14.5 Å². The molecule has 0 aliphatic rings. The lowest BCUT2D eigenvalue weighted by Crippen LogP contribution is -2.32. The second kappa shape index (κ2) is 7.66. The van der Waals surface area contributed by atoms with E-state index in [9.17, 15) is 14.9 Å². The van der Waals surface area contributed by atoms with Gasteiger partial charge in [-0.1, -0.05) is 23.4 Å². The minimum atomic E-state index is -0.558.